The highest BCUT2D eigenvalue weighted by molar-refractivity contribution is 5.94. The Kier molecular flexibility index (Phi) is 4.52. The number of nitrogens with zero attached hydrogens (tertiary/aromatic N) is 2. The van der Waals surface area contributed by atoms with E-state index in [2.05, 4.69) is 22.2 Å². The van der Waals surface area contributed by atoms with Crippen molar-refractivity contribution in [1.82, 2.24) is 15.0 Å². The van der Waals surface area contributed by atoms with Crippen molar-refractivity contribution in [2.24, 2.45) is 17.8 Å². The lowest BCUT2D eigenvalue weighted by Crippen LogP contribution is -2.47. The zero-order valence-electron chi connectivity index (χ0n) is 17.7. The molecule has 3 saturated carbocycles. The van der Waals surface area contributed by atoms with Crippen LogP contribution in [0, 0.1) is 29.4 Å². The molecule has 4 aromatic rings. The molecule has 32 heavy (non-hydrogen) atoms. The molecular weight excluding hydrogens is 410 g/mol. The third kappa shape index (κ3) is 3.18. The first kappa shape index (κ1) is 19.5. The summed E-state index contributed by atoms with van der Waals surface area (Å²) in [7, 11) is 0. The number of nitrogens with one attached hydrogen (secondary N) is 2. The number of halogens is 2. The Morgan fingerprint density at radius 3 is 2.62 bits per heavy atom. The van der Waals surface area contributed by atoms with Crippen molar-refractivity contribution < 1.29 is 13.2 Å². The molecule has 0 amide bonds. The molecule has 1 aromatic carbocycles. The van der Waals surface area contributed by atoms with E-state index in [-0.39, 0.29) is 5.52 Å². The van der Waals surface area contributed by atoms with Gasteiger partial charge in [-0.3, -0.25) is 0 Å². The summed E-state index contributed by atoms with van der Waals surface area (Å²) in [4.78, 5) is 12.4. The van der Waals surface area contributed by atoms with Gasteiger partial charge in [-0.15, -0.1) is 0 Å². The molecule has 2 N–H and O–H groups in total. The fraction of sp³-hybridized carbons (Fsp3) is 0.360. The summed E-state index contributed by atoms with van der Waals surface area (Å²) < 4.78 is 33.8. The van der Waals surface area contributed by atoms with Gasteiger partial charge >= 0.3 is 0 Å². The van der Waals surface area contributed by atoms with Crippen molar-refractivity contribution in [3.05, 3.63) is 54.4 Å². The van der Waals surface area contributed by atoms with Crippen LogP contribution in [0.15, 0.2) is 47.2 Å². The molecule has 3 aliphatic carbocycles. The molecule has 3 aromatic heterocycles. The summed E-state index contributed by atoms with van der Waals surface area (Å²) in [6.07, 6.45) is 8.34. The van der Waals surface area contributed by atoms with Crippen LogP contribution in [0.1, 0.15) is 32.6 Å². The molecule has 0 unspecified atom stereocenters. The average Bonchev–Trinajstić information content (AvgIpc) is 3.47. The highest BCUT2D eigenvalue weighted by atomic mass is 19.1. The van der Waals surface area contributed by atoms with Crippen molar-refractivity contribution in [2.45, 2.75) is 38.6 Å². The second kappa shape index (κ2) is 7.43. The largest absolute Gasteiger partial charge is 0.463 e. The first-order chi connectivity index (χ1) is 15.6. The van der Waals surface area contributed by atoms with Gasteiger partial charge in [0.2, 0.25) is 0 Å². The maximum Gasteiger partial charge on any atom is 0.164 e. The predicted octanol–water partition coefficient (Wildman–Crippen LogP) is 6.40. The molecule has 0 saturated heterocycles. The number of aromatic amines is 1. The van der Waals surface area contributed by atoms with E-state index >= 15 is 0 Å². The normalized spacial score (nSPS) is 24.8. The lowest BCUT2D eigenvalue weighted by Gasteiger charge is -2.47. The molecule has 5 nitrogen and oxygen atoms in total. The number of hydrogen-bond donors (Lipinski definition) is 2. The molecule has 0 spiro atoms. The minimum atomic E-state index is -0.640. The minimum absolute atomic E-state index is 0.237. The van der Waals surface area contributed by atoms with Crippen LogP contribution in [0.5, 0.6) is 0 Å². The lowest BCUT2D eigenvalue weighted by molar-refractivity contribution is 0.0928. The van der Waals surface area contributed by atoms with Crippen LogP contribution in [-0.2, 0) is 0 Å². The third-order valence-electron chi connectivity index (χ3n) is 7.40. The Balaban J connectivity index is 1.46. The maximum absolute atomic E-state index is 14.3. The number of benzene rings is 1. The number of hydrogen-bond acceptors (Lipinski definition) is 4. The molecule has 164 valence electrons. The fourth-order valence-corrected chi connectivity index (χ4v) is 5.70. The molecule has 3 heterocycles. The molecular formula is C25H24F2N4O. The molecule has 2 bridgehead atoms. The van der Waals surface area contributed by atoms with Gasteiger partial charge in [-0.2, -0.15) is 0 Å². The molecule has 3 aliphatic rings. The minimum Gasteiger partial charge on any atom is -0.463 e. The Hall–Kier alpha value is -3.22. The number of fused-ring (bicyclic) bond motifs is 4. The van der Waals surface area contributed by atoms with E-state index in [1.54, 1.807) is 12.5 Å². The molecule has 7 heteroatoms. The summed E-state index contributed by atoms with van der Waals surface area (Å²) in [6.45, 7) is 2.33. The van der Waals surface area contributed by atoms with Crippen molar-refractivity contribution in [3.8, 4) is 22.8 Å². The average molecular weight is 434 g/mol. The zero-order chi connectivity index (χ0) is 21.8. The number of furan rings is 1. The van der Waals surface area contributed by atoms with Crippen LogP contribution in [-0.4, -0.2) is 21.0 Å². The molecule has 2 atom stereocenters. The number of rotatable bonds is 4. The molecule has 0 aliphatic heterocycles. The SMILES string of the molecule is C[C@@H]1C2CCC(CC2)[C@H]1Nc1cc(-c2ccco2)nc(-c2c[nH]c3c(F)cc(F)cc23)n1. The van der Waals surface area contributed by atoms with Gasteiger partial charge in [-0.25, -0.2) is 18.7 Å². The number of H-pyrrole nitrogens is 1. The van der Waals surface area contributed by atoms with E-state index in [9.17, 15) is 8.78 Å². The third-order valence-corrected chi connectivity index (χ3v) is 7.40. The van der Waals surface area contributed by atoms with Gasteiger partial charge in [0.05, 0.1) is 11.8 Å². The van der Waals surface area contributed by atoms with E-state index in [0.717, 1.165) is 12.0 Å². The van der Waals surface area contributed by atoms with Crippen LogP contribution < -0.4 is 5.32 Å². The van der Waals surface area contributed by atoms with Gasteiger partial charge in [0.25, 0.3) is 0 Å². The maximum atomic E-state index is 14.3. The first-order valence-electron chi connectivity index (χ1n) is 11.2. The molecule has 7 rings (SSSR count). The summed E-state index contributed by atoms with van der Waals surface area (Å²) >= 11 is 0. The van der Waals surface area contributed by atoms with Crippen LogP contribution in [0.25, 0.3) is 33.7 Å². The predicted molar refractivity (Wildman–Crippen MR) is 119 cm³/mol. The summed E-state index contributed by atoms with van der Waals surface area (Å²) in [5.41, 5.74) is 1.41. The van der Waals surface area contributed by atoms with Gasteiger partial charge in [0.15, 0.2) is 11.6 Å². The Bertz CT molecular complexity index is 1270. The van der Waals surface area contributed by atoms with Crippen LogP contribution in [0.3, 0.4) is 0 Å². The summed E-state index contributed by atoms with van der Waals surface area (Å²) in [5.74, 6) is 2.40. The lowest BCUT2D eigenvalue weighted by atomic mass is 9.62. The summed E-state index contributed by atoms with van der Waals surface area (Å²) in [6, 6.07) is 8.08. The summed E-state index contributed by atoms with van der Waals surface area (Å²) in [5, 5.41) is 4.10. The highest BCUT2D eigenvalue weighted by Gasteiger charge is 2.41. The van der Waals surface area contributed by atoms with Gasteiger partial charge in [0, 0.05) is 35.3 Å². The Labute approximate surface area is 184 Å². The molecule has 3 fully saturated rings. The van der Waals surface area contributed by atoms with Crippen molar-refractivity contribution >= 4 is 16.7 Å². The monoisotopic (exact) mass is 434 g/mol. The van der Waals surface area contributed by atoms with E-state index in [0.29, 0.717) is 51.9 Å². The topological polar surface area (TPSA) is 66.7 Å². The fourth-order valence-electron chi connectivity index (χ4n) is 5.70. The van der Waals surface area contributed by atoms with Gasteiger partial charge in [0.1, 0.15) is 23.1 Å². The van der Waals surface area contributed by atoms with Gasteiger partial charge in [-0.05, 0) is 61.6 Å². The highest BCUT2D eigenvalue weighted by Crippen LogP contribution is 2.46. The van der Waals surface area contributed by atoms with Gasteiger partial charge in [-0.1, -0.05) is 6.92 Å². The van der Waals surface area contributed by atoms with E-state index < -0.39 is 11.6 Å². The van der Waals surface area contributed by atoms with E-state index in [1.165, 1.54) is 31.7 Å². The van der Waals surface area contributed by atoms with Crippen molar-refractivity contribution in [1.29, 1.82) is 0 Å². The van der Waals surface area contributed by atoms with Crippen LogP contribution >= 0.6 is 0 Å². The zero-order valence-corrected chi connectivity index (χ0v) is 17.7. The standard InChI is InChI=1S/C25H24F2N4O/c1-13-14-4-6-15(7-5-14)23(13)30-22-11-20(21-3-2-8-32-21)29-25(31-22)18-12-28-24-17(18)9-16(26)10-19(24)27/h2-3,8-15,23,28H,4-7H2,1H3,(H,29,30,31)/t13-,14?,15?,23+/m1/s1. The van der Waals surface area contributed by atoms with E-state index in [4.69, 9.17) is 9.40 Å². The van der Waals surface area contributed by atoms with Crippen molar-refractivity contribution in [3.63, 3.8) is 0 Å². The van der Waals surface area contributed by atoms with Crippen LogP contribution in [0.2, 0.25) is 0 Å². The number of anilines is 1. The Morgan fingerprint density at radius 2 is 1.88 bits per heavy atom. The van der Waals surface area contributed by atoms with Crippen LogP contribution in [0.4, 0.5) is 14.6 Å². The second-order valence-electron chi connectivity index (χ2n) is 9.16. The number of aromatic nitrogens is 3. The van der Waals surface area contributed by atoms with Gasteiger partial charge < -0.3 is 14.7 Å². The smallest absolute Gasteiger partial charge is 0.164 e. The van der Waals surface area contributed by atoms with Crippen molar-refractivity contribution in [2.75, 3.05) is 5.32 Å². The first-order valence-corrected chi connectivity index (χ1v) is 11.2. The quantitative estimate of drug-likeness (QED) is 0.390. The molecule has 0 radical (unpaired) electrons. The Morgan fingerprint density at radius 1 is 1.06 bits per heavy atom. The van der Waals surface area contributed by atoms with E-state index in [1.807, 2.05) is 18.2 Å². The second-order valence-corrected chi connectivity index (χ2v) is 9.16.